The number of phenols is 1. The van der Waals surface area contributed by atoms with Crippen LogP contribution in [-0.4, -0.2) is 47.3 Å². The predicted octanol–water partition coefficient (Wildman–Crippen LogP) is 3.62. The van der Waals surface area contributed by atoms with Crippen LogP contribution in [0.2, 0.25) is 0 Å². The predicted molar refractivity (Wildman–Crippen MR) is 106 cm³/mol. The number of unbranched alkanes of at least 4 members (excludes halogenated alkanes) is 1. The Morgan fingerprint density at radius 2 is 1.79 bits per heavy atom. The lowest BCUT2D eigenvalue weighted by Crippen LogP contribution is -2.27. The molecule has 0 fully saturated rings. The number of rotatable bonds is 11. The zero-order chi connectivity index (χ0) is 21.2. The number of benzene rings is 2. The van der Waals surface area contributed by atoms with Gasteiger partial charge >= 0.3 is 11.9 Å². The molecular formula is C22H26FNO5. The SMILES string of the molecule is COC(=O)CCCCN(CCc1cc(F)ccc1O)Cc1ccc(C(=O)O)cc1. The molecule has 0 heterocycles. The Labute approximate surface area is 169 Å². The van der Waals surface area contributed by atoms with Crippen molar-refractivity contribution in [2.45, 2.75) is 32.2 Å². The highest BCUT2D eigenvalue weighted by atomic mass is 19.1. The van der Waals surface area contributed by atoms with Crippen molar-refractivity contribution in [2.24, 2.45) is 0 Å². The number of phenolic OH excluding ortho intramolecular Hbond substituents is 1. The number of hydrogen-bond acceptors (Lipinski definition) is 5. The van der Waals surface area contributed by atoms with Gasteiger partial charge in [0.05, 0.1) is 12.7 Å². The smallest absolute Gasteiger partial charge is 0.335 e. The molecular weight excluding hydrogens is 377 g/mol. The van der Waals surface area contributed by atoms with Crippen molar-refractivity contribution < 1.29 is 28.9 Å². The molecule has 2 aromatic rings. The third-order valence-electron chi connectivity index (χ3n) is 4.68. The Morgan fingerprint density at radius 1 is 1.07 bits per heavy atom. The summed E-state index contributed by atoms with van der Waals surface area (Å²) in [5.41, 5.74) is 1.71. The molecule has 156 valence electrons. The lowest BCUT2D eigenvalue weighted by atomic mass is 10.1. The van der Waals surface area contributed by atoms with Crippen molar-refractivity contribution in [3.8, 4) is 5.75 Å². The second-order valence-corrected chi connectivity index (χ2v) is 6.83. The summed E-state index contributed by atoms with van der Waals surface area (Å²) in [6, 6.07) is 10.5. The number of carboxylic acids is 1. The van der Waals surface area contributed by atoms with Crippen LogP contribution >= 0.6 is 0 Å². The Kier molecular flexibility index (Phi) is 8.61. The third kappa shape index (κ3) is 7.54. The van der Waals surface area contributed by atoms with E-state index in [1.165, 1.54) is 25.3 Å². The van der Waals surface area contributed by atoms with Crippen molar-refractivity contribution in [1.82, 2.24) is 4.90 Å². The maximum Gasteiger partial charge on any atom is 0.335 e. The molecule has 0 aliphatic rings. The average molecular weight is 403 g/mol. The van der Waals surface area contributed by atoms with Crippen molar-refractivity contribution >= 4 is 11.9 Å². The molecule has 29 heavy (non-hydrogen) atoms. The quantitative estimate of drug-likeness (QED) is 0.440. The highest BCUT2D eigenvalue weighted by Crippen LogP contribution is 2.19. The topological polar surface area (TPSA) is 87.1 Å². The lowest BCUT2D eigenvalue weighted by molar-refractivity contribution is -0.140. The summed E-state index contributed by atoms with van der Waals surface area (Å²) in [5, 5.41) is 19.0. The summed E-state index contributed by atoms with van der Waals surface area (Å²) in [4.78, 5) is 24.4. The maximum absolute atomic E-state index is 13.5. The minimum atomic E-state index is -0.974. The molecule has 0 aliphatic carbocycles. The first-order valence-corrected chi connectivity index (χ1v) is 9.48. The fourth-order valence-electron chi connectivity index (χ4n) is 3.02. The van der Waals surface area contributed by atoms with Crippen LogP contribution in [0.3, 0.4) is 0 Å². The van der Waals surface area contributed by atoms with Crippen molar-refractivity contribution in [3.05, 3.63) is 65.0 Å². The van der Waals surface area contributed by atoms with Gasteiger partial charge in [-0.25, -0.2) is 9.18 Å². The summed E-state index contributed by atoms with van der Waals surface area (Å²) in [5.74, 6) is -1.56. The number of halogens is 1. The van der Waals surface area contributed by atoms with Crippen LogP contribution in [0, 0.1) is 5.82 Å². The molecule has 0 atom stereocenters. The van der Waals surface area contributed by atoms with E-state index < -0.39 is 11.8 Å². The van der Waals surface area contributed by atoms with E-state index in [0.717, 1.165) is 12.0 Å². The van der Waals surface area contributed by atoms with Gasteiger partial charge in [0.15, 0.2) is 0 Å². The first kappa shape index (κ1) is 22.4. The molecule has 0 radical (unpaired) electrons. The molecule has 2 N–H and O–H groups in total. The van der Waals surface area contributed by atoms with Crippen molar-refractivity contribution in [1.29, 1.82) is 0 Å². The van der Waals surface area contributed by atoms with Crippen LogP contribution in [0.4, 0.5) is 4.39 Å². The summed E-state index contributed by atoms with van der Waals surface area (Å²) < 4.78 is 18.1. The van der Waals surface area contributed by atoms with E-state index in [2.05, 4.69) is 9.64 Å². The number of esters is 1. The fraction of sp³-hybridized carbons (Fsp3) is 0.364. The monoisotopic (exact) mass is 403 g/mol. The van der Waals surface area contributed by atoms with E-state index in [0.29, 0.717) is 44.5 Å². The molecule has 7 heteroatoms. The molecule has 2 rings (SSSR count). The van der Waals surface area contributed by atoms with Crippen LogP contribution in [0.5, 0.6) is 5.75 Å². The molecule has 0 saturated heterocycles. The minimum absolute atomic E-state index is 0.0582. The van der Waals surface area contributed by atoms with Crippen LogP contribution in [0.25, 0.3) is 0 Å². The largest absolute Gasteiger partial charge is 0.508 e. The van der Waals surface area contributed by atoms with Gasteiger partial charge in [-0.05, 0) is 67.3 Å². The van der Waals surface area contributed by atoms with Crippen LogP contribution in [-0.2, 0) is 22.5 Å². The van der Waals surface area contributed by atoms with Crippen molar-refractivity contribution in [3.63, 3.8) is 0 Å². The Morgan fingerprint density at radius 3 is 2.45 bits per heavy atom. The number of hydrogen-bond donors (Lipinski definition) is 2. The van der Waals surface area contributed by atoms with Gasteiger partial charge in [-0.3, -0.25) is 9.69 Å². The highest BCUT2D eigenvalue weighted by molar-refractivity contribution is 5.87. The number of methoxy groups -OCH3 is 1. The summed E-state index contributed by atoms with van der Waals surface area (Å²) >= 11 is 0. The van der Waals surface area contributed by atoms with E-state index in [-0.39, 0.29) is 17.3 Å². The van der Waals surface area contributed by atoms with Gasteiger partial charge in [-0.1, -0.05) is 12.1 Å². The van der Waals surface area contributed by atoms with E-state index in [9.17, 15) is 19.1 Å². The Hall–Kier alpha value is -2.93. The number of carboxylic acid groups (broad SMARTS) is 1. The molecule has 6 nitrogen and oxygen atoms in total. The molecule has 0 bridgehead atoms. The number of ether oxygens (including phenoxy) is 1. The van der Waals surface area contributed by atoms with Crippen LogP contribution in [0.1, 0.15) is 40.7 Å². The van der Waals surface area contributed by atoms with E-state index in [1.807, 2.05) is 0 Å². The van der Waals surface area contributed by atoms with E-state index >= 15 is 0 Å². The first-order valence-electron chi connectivity index (χ1n) is 9.48. The van der Waals surface area contributed by atoms with Crippen LogP contribution < -0.4 is 0 Å². The Bertz CT molecular complexity index is 822. The zero-order valence-corrected chi connectivity index (χ0v) is 16.4. The number of nitrogens with zero attached hydrogens (tertiary/aromatic N) is 1. The molecule has 0 spiro atoms. The molecule has 2 aromatic carbocycles. The van der Waals surface area contributed by atoms with Crippen molar-refractivity contribution in [2.75, 3.05) is 20.2 Å². The van der Waals surface area contributed by atoms with Gasteiger partial charge in [0.1, 0.15) is 11.6 Å². The molecule has 0 unspecified atom stereocenters. The maximum atomic E-state index is 13.5. The zero-order valence-electron chi connectivity index (χ0n) is 16.4. The van der Waals surface area contributed by atoms with E-state index in [4.69, 9.17) is 5.11 Å². The summed E-state index contributed by atoms with van der Waals surface area (Å²) in [7, 11) is 1.36. The first-order chi connectivity index (χ1) is 13.9. The summed E-state index contributed by atoms with van der Waals surface area (Å²) in [6.07, 6.45) is 2.28. The number of carbonyl (C=O) groups excluding carboxylic acids is 1. The van der Waals surface area contributed by atoms with Gasteiger partial charge in [0, 0.05) is 19.5 Å². The summed E-state index contributed by atoms with van der Waals surface area (Å²) in [6.45, 7) is 1.86. The average Bonchev–Trinajstić information content (AvgIpc) is 2.71. The Balaban J connectivity index is 2.00. The van der Waals surface area contributed by atoms with Gasteiger partial charge in [-0.15, -0.1) is 0 Å². The van der Waals surface area contributed by atoms with Gasteiger partial charge < -0.3 is 14.9 Å². The second-order valence-electron chi connectivity index (χ2n) is 6.83. The number of aromatic hydroxyl groups is 1. The lowest BCUT2D eigenvalue weighted by Gasteiger charge is -2.23. The second kappa shape index (κ2) is 11.2. The molecule has 0 aliphatic heterocycles. The van der Waals surface area contributed by atoms with Gasteiger partial charge in [0.2, 0.25) is 0 Å². The van der Waals surface area contributed by atoms with E-state index in [1.54, 1.807) is 24.3 Å². The third-order valence-corrected chi connectivity index (χ3v) is 4.68. The van der Waals surface area contributed by atoms with Crippen LogP contribution in [0.15, 0.2) is 42.5 Å². The number of carbonyl (C=O) groups is 2. The normalized spacial score (nSPS) is 10.9. The minimum Gasteiger partial charge on any atom is -0.508 e. The fourth-order valence-corrected chi connectivity index (χ4v) is 3.02. The molecule has 0 aromatic heterocycles. The standard InChI is InChI=1S/C22H26FNO5/c1-29-21(26)4-2-3-12-24(13-11-18-14-19(23)9-10-20(18)25)15-16-5-7-17(8-6-16)22(27)28/h5-10,14,25H,2-4,11-13,15H2,1H3,(H,27,28). The molecule has 0 saturated carbocycles. The number of aromatic carboxylic acids is 1. The highest BCUT2D eigenvalue weighted by Gasteiger charge is 2.11. The van der Waals surface area contributed by atoms with Gasteiger partial charge in [-0.2, -0.15) is 0 Å². The molecule has 0 amide bonds. The van der Waals surface area contributed by atoms with Gasteiger partial charge in [0.25, 0.3) is 0 Å².